The van der Waals surface area contributed by atoms with Crippen molar-refractivity contribution in [3.8, 4) is 0 Å². The third-order valence-corrected chi connectivity index (χ3v) is 3.13. The van der Waals surface area contributed by atoms with Crippen molar-refractivity contribution in [3.05, 3.63) is 23.7 Å². The van der Waals surface area contributed by atoms with Gasteiger partial charge in [-0.2, -0.15) is 0 Å². The molecule has 1 aromatic rings. The Balaban J connectivity index is 1.82. The number of carbonyl (C=O) groups excluding carboxylic acids is 1. The van der Waals surface area contributed by atoms with Gasteiger partial charge in [0.25, 0.3) is 5.91 Å². The summed E-state index contributed by atoms with van der Waals surface area (Å²) in [6.07, 6.45) is 3.95. The van der Waals surface area contributed by atoms with Gasteiger partial charge in [-0.1, -0.05) is 0 Å². The molecule has 1 aromatic heterocycles. The van der Waals surface area contributed by atoms with Crippen molar-refractivity contribution < 1.29 is 14.3 Å². The fraction of sp³-hybridized carbons (Fsp3) is 0.583. The van der Waals surface area contributed by atoms with Gasteiger partial charge in [-0.3, -0.25) is 4.79 Å². The molecule has 1 heterocycles. The Morgan fingerprint density at radius 3 is 3.00 bits per heavy atom. The van der Waals surface area contributed by atoms with Crippen LogP contribution in [0.5, 0.6) is 0 Å². The Kier molecular flexibility index (Phi) is 3.29. The van der Waals surface area contributed by atoms with E-state index in [1.807, 2.05) is 6.92 Å². The number of aliphatic hydroxyl groups excluding tert-OH is 1. The molecule has 1 amide bonds. The maximum atomic E-state index is 11.7. The van der Waals surface area contributed by atoms with Gasteiger partial charge in [0.15, 0.2) is 5.76 Å². The summed E-state index contributed by atoms with van der Waals surface area (Å²) in [5, 5.41) is 12.2. The molecule has 2 rings (SSSR count). The van der Waals surface area contributed by atoms with Gasteiger partial charge in [0.05, 0.1) is 12.4 Å². The number of amides is 1. The van der Waals surface area contributed by atoms with Crippen LogP contribution in [0.4, 0.5) is 0 Å². The van der Waals surface area contributed by atoms with Crippen LogP contribution in [-0.2, 0) is 0 Å². The van der Waals surface area contributed by atoms with Crippen LogP contribution in [0, 0.1) is 12.8 Å². The van der Waals surface area contributed by atoms with Gasteiger partial charge in [0, 0.05) is 12.1 Å². The smallest absolute Gasteiger partial charge is 0.287 e. The lowest BCUT2D eigenvalue weighted by Crippen LogP contribution is -2.28. The molecule has 16 heavy (non-hydrogen) atoms. The number of hydrogen-bond donors (Lipinski definition) is 2. The number of nitrogens with one attached hydrogen (secondary N) is 1. The first-order chi connectivity index (χ1) is 7.66. The lowest BCUT2D eigenvalue weighted by Gasteiger charge is -2.09. The summed E-state index contributed by atoms with van der Waals surface area (Å²) in [4.78, 5) is 11.7. The molecule has 0 aliphatic heterocycles. The van der Waals surface area contributed by atoms with Crippen molar-refractivity contribution in [1.82, 2.24) is 5.32 Å². The standard InChI is InChI=1S/C12H17NO3/c1-8-4-5-16-11(8)12(15)13-7-9-2-3-10(14)6-9/h4-5,9-10,14H,2-3,6-7H2,1H3,(H,13,15). The summed E-state index contributed by atoms with van der Waals surface area (Å²) in [6.45, 7) is 2.47. The molecule has 0 saturated heterocycles. The number of hydrogen-bond acceptors (Lipinski definition) is 3. The third kappa shape index (κ3) is 2.44. The van der Waals surface area contributed by atoms with Crippen LogP contribution in [0.3, 0.4) is 0 Å². The van der Waals surface area contributed by atoms with E-state index in [-0.39, 0.29) is 12.0 Å². The second-order valence-corrected chi connectivity index (χ2v) is 4.48. The zero-order valence-corrected chi connectivity index (χ0v) is 9.40. The molecule has 2 atom stereocenters. The molecule has 1 aliphatic carbocycles. The Morgan fingerprint density at radius 2 is 2.44 bits per heavy atom. The molecule has 4 nitrogen and oxygen atoms in total. The number of carbonyl (C=O) groups is 1. The maximum absolute atomic E-state index is 11.7. The molecule has 0 aromatic carbocycles. The molecular weight excluding hydrogens is 206 g/mol. The Labute approximate surface area is 94.6 Å². The van der Waals surface area contributed by atoms with Gasteiger partial charge >= 0.3 is 0 Å². The van der Waals surface area contributed by atoms with Gasteiger partial charge in [0.2, 0.25) is 0 Å². The molecule has 0 bridgehead atoms. The first-order valence-electron chi connectivity index (χ1n) is 5.67. The summed E-state index contributed by atoms with van der Waals surface area (Å²) in [5.74, 6) is 0.622. The second-order valence-electron chi connectivity index (χ2n) is 4.48. The SMILES string of the molecule is Cc1ccoc1C(=O)NCC1CCC(O)C1. The number of aliphatic hydroxyl groups is 1. The van der Waals surface area contributed by atoms with Crippen molar-refractivity contribution in [2.45, 2.75) is 32.3 Å². The number of rotatable bonds is 3. The van der Waals surface area contributed by atoms with E-state index in [4.69, 9.17) is 4.42 Å². The van der Waals surface area contributed by atoms with E-state index in [0.717, 1.165) is 24.8 Å². The summed E-state index contributed by atoms with van der Waals surface area (Å²) in [6, 6.07) is 1.77. The lowest BCUT2D eigenvalue weighted by molar-refractivity contribution is 0.0916. The molecule has 1 saturated carbocycles. The predicted molar refractivity (Wildman–Crippen MR) is 59.1 cm³/mol. The van der Waals surface area contributed by atoms with Crippen LogP contribution in [0.1, 0.15) is 35.4 Å². The predicted octanol–water partition coefficient (Wildman–Crippen LogP) is 1.48. The highest BCUT2D eigenvalue weighted by atomic mass is 16.3. The van der Waals surface area contributed by atoms with Crippen LogP contribution < -0.4 is 5.32 Å². The van der Waals surface area contributed by atoms with E-state index < -0.39 is 0 Å². The van der Waals surface area contributed by atoms with E-state index in [1.54, 1.807) is 6.07 Å². The van der Waals surface area contributed by atoms with Crippen LogP contribution >= 0.6 is 0 Å². The van der Waals surface area contributed by atoms with Gasteiger partial charge in [-0.05, 0) is 38.2 Å². The summed E-state index contributed by atoms with van der Waals surface area (Å²) in [5.41, 5.74) is 0.851. The second kappa shape index (κ2) is 4.70. The molecule has 1 fully saturated rings. The summed E-state index contributed by atoms with van der Waals surface area (Å²) < 4.78 is 5.10. The molecule has 0 radical (unpaired) electrons. The van der Waals surface area contributed by atoms with Crippen molar-refractivity contribution in [1.29, 1.82) is 0 Å². The third-order valence-electron chi connectivity index (χ3n) is 3.13. The molecule has 2 unspecified atom stereocenters. The number of aryl methyl sites for hydroxylation is 1. The Bertz CT molecular complexity index is 372. The minimum absolute atomic E-state index is 0.163. The van der Waals surface area contributed by atoms with Crippen LogP contribution in [0.2, 0.25) is 0 Å². The van der Waals surface area contributed by atoms with Crippen LogP contribution in [0.15, 0.2) is 16.7 Å². The molecule has 1 aliphatic rings. The minimum atomic E-state index is -0.188. The fourth-order valence-corrected chi connectivity index (χ4v) is 2.16. The normalized spacial score (nSPS) is 24.6. The van der Waals surface area contributed by atoms with Crippen molar-refractivity contribution in [3.63, 3.8) is 0 Å². The Morgan fingerprint density at radius 1 is 1.62 bits per heavy atom. The number of furan rings is 1. The van der Waals surface area contributed by atoms with E-state index >= 15 is 0 Å². The van der Waals surface area contributed by atoms with Gasteiger partial charge in [-0.25, -0.2) is 0 Å². The van der Waals surface area contributed by atoms with Crippen molar-refractivity contribution in [2.24, 2.45) is 5.92 Å². The highest BCUT2D eigenvalue weighted by molar-refractivity contribution is 5.92. The molecular formula is C12H17NO3. The molecule has 0 spiro atoms. The topological polar surface area (TPSA) is 62.5 Å². The van der Waals surface area contributed by atoms with E-state index in [1.165, 1.54) is 6.26 Å². The quantitative estimate of drug-likeness (QED) is 0.815. The largest absolute Gasteiger partial charge is 0.459 e. The first-order valence-corrected chi connectivity index (χ1v) is 5.67. The average molecular weight is 223 g/mol. The summed E-state index contributed by atoms with van der Waals surface area (Å²) in [7, 11) is 0. The lowest BCUT2D eigenvalue weighted by atomic mass is 10.1. The average Bonchev–Trinajstić information content (AvgIpc) is 2.84. The first kappa shape index (κ1) is 11.2. The van der Waals surface area contributed by atoms with E-state index in [2.05, 4.69) is 5.32 Å². The van der Waals surface area contributed by atoms with E-state index in [0.29, 0.717) is 18.2 Å². The summed E-state index contributed by atoms with van der Waals surface area (Å²) >= 11 is 0. The molecule has 4 heteroatoms. The monoisotopic (exact) mass is 223 g/mol. The fourth-order valence-electron chi connectivity index (χ4n) is 2.16. The Hall–Kier alpha value is -1.29. The maximum Gasteiger partial charge on any atom is 0.287 e. The zero-order valence-electron chi connectivity index (χ0n) is 9.40. The highest BCUT2D eigenvalue weighted by Crippen LogP contribution is 2.24. The van der Waals surface area contributed by atoms with E-state index in [9.17, 15) is 9.90 Å². The highest BCUT2D eigenvalue weighted by Gasteiger charge is 2.23. The van der Waals surface area contributed by atoms with Gasteiger partial charge in [0.1, 0.15) is 0 Å². The van der Waals surface area contributed by atoms with Crippen LogP contribution in [-0.4, -0.2) is 23.7 Å². The minimum Gasteiger partial charge on any atom is -0.459 e. The van der Waals surface area contributed by atoms with Gasteiger partial charge in [-0.15, -0.1) is 0 Å². The van der Waals surface area contributed by atoms with Crippen molar-refractivity contribution in [2.75, 3.05) is 6.54 Å². The van der Waals surface area contributed by atoms with Crippen molar-refractivity contribution >= 4 is 5.91 Å². The molecule has 2 N–H and O–H groups in total. The zero-order chi connectivity index (χ0) is 11.5. The molecule has 88 valence electrons. The van der Waals surface area contributed by atoms with Gasteiger partial charge < -0.3 is 14.8 Å². The van der Waals surface area contributed by atoms with Crippen LogP contribution in [0.25, 0.3) is 0 Å².